The quantitative estimate of drug-likeness (QED) is 0.708. The zero-order valence-corrected chi connectivity index (χ0v) is 16.1. The SMILES string of the molecule is Cc1ccc(CNC(=O)c2cc(Nc3ccc(C)c(C)c3)nc(C)n2)cc1. The first-order valence-corrected chi connectivity index (χ1v) is 8.94. The van der Waals surface area contributed by atoms with Crippen LogP contribution in [0, 0.1) is 27.7 Å². The Morgan fingerprint density at radius 1 is 0.889 bits per heavy atom. The van der Waals surface area contributed by atoms with Gasteiger partial charge in [-0.05, 0) is 56.5 Å². The van der Waals surface area contributed by atoms with Crippen molar-refractivity contribution in [2.24, 2.45) is 0 Å². The van der Waals surface area contributed by atoms with Gasteiger partial charge in [0.15, 0.2) is 0 Å². The summed E-state index contributed by atoms with van der Waals surface area (Å²) in [6, 6.07) is 15.9. The number of aryl methyl sites for hydroxylation is 4. The third-order valence-electron chi connectivity index (χ3n) is 4.42. The van der Waals surface area contributed by atoms with E-state index >= 15 is 0 Å². The lowest BCUT2D eigenvalue weighted by Gasteiger charge is -2.10. The van der Waals surface area contributed by atoms with E-state index in [1.165, 1.54) is 16.7 Å². The van der Waals surface area contributed by atoms with Crippen molar-refractivity contribution in [3.05, 3.63) is 82.3 Å². The Bertz CT molecular complexity index is 965. The van der Waals surface area contributed by atoms with Crippen LogP contribution in [0.3, 0.4) is 0 Å². The molecule has 3 rings (SSSR count). The van der Waals surface area contributed by atoms with E-state index in [9.17, 15) is 4.79 Å². The van der Waals surface area contributed by atoms with Crippen molar-refractivity contribution in [3.8, 4) is 0 Å². The topological polar surface area (TPSA) is 66.9 Å². The molecule has 0 bridgehead atoms. The van der Waals surface area contributed by atoms with Crippen molar-refractivity contribution >= 4 is 17.4 Å². The fourth-order valence-electron chi connectivity index (χ4n) is 2.69. The smallest absolute Gasteiger partial charge is 0.270 e. The minimum atomic E-state index is -0.218. The number of rotatable bonds is 5. The normalized spacial score (nSPS) is 10.5. The maximum absolute atomic E-state index is 12.5. The highest BCUT2D eigenvalue weighted by Crippen LogP contribution is 2.19. The molecule has 0 aliphatic heterocycles. The highest BCUT2D eigenvalue weighted by molar-refractivity contribution is 5.93. The molecule has 0 saturated carbocycles. The Hall–Kier alpha value is -3.21. The van der Waals surface area contributed by atoms with Crippen LogP contribution in [-0.2, 0) is 6.54 Å². The van der Waals surface area contributed by atoms with E-state index in [-0.39, 0.29) is 5.91 Å². The standard InChI is InChI=1S/C22H24N4O/c1-14-5-8-18(9-6-14)13-23-22(27)20-12-21(25-17(4)24-20)26-19-10-7-15(2)16(3)11-19/h5-12H,13H2,1-4H3,(H,23,27)(H,24,25,26). The molecule has 0 saturated heterocycles. The molecular formula is C22H24N4O. The van der Waals surface area contributed by atoms with Crippen molar-refractivity contribution in [2.75, 3.05) is 5.32 Å². The molecular weight excluding hydrogens is 336 g/mol. The molecule has 5 nitrogen and oxygen atoms in total. The zero-order valence-electron chi connectivity index (χ0n) is 16.1. The number of benzene rings is 2. The fourth-order valence-corrected chi connectivity index (χ4v) is 2.69. The zero-order chi connectivity index (χ0) is 19.4. The summed E-state index contributed by atoms with van der Waals surface area (Å²) in [5.41, 5.74) is 5.95. The summed E-state index contributed by atoms with van der Waals surface area (Å²) >= 11 is 0. The predicted molar refractivity (Wildman–Crippen MR) is 108 cm³/mol. The van der Waals surface area contributed by atoms with Gasteiger partial charge in [-0.2, -0.15) is 0 Å². The Morgan fingerprint density at radius 3 is 2.33 bits per heavy atom. The van der Waals surface area contributed by atoms with E-state index in [1.807, 2.05) is 37.3 Å². The van der Waals surface area contributed by atoms with Crippen LogP contribution in [0.5, 0.6) is 0 Å². The van der Waals surface area contributed by atoms with Crippen molar-refractivity contribution in [2.45, 2.75) is 34.2 Å². The Morgan fingerprint density at radius 2 is 1.63 bits per heavy atom. The number of aromatic nitrogens is 2. The van der Waals surface area contributed by atoms with Gasteiger partial charge >= 0.3 is 0 Å². The maximum Gasteiger partial charge on any atom is 0.270 e. The monoisotopic (exact) mass is 360 g/mol. The highest BCUT2D eigenvalue weighted by atomic mass is 16.1. The number of nitrogens with one attached hydrogen (secondary N) is 2. The first kappa shape index (κ1) is 18.6. The van der Waals surface area contributed by atoms with Gasteiger partial charge < -0.3 is 10.6 Å². The second-order valence-corrected chi connectivity index (χ2v) is 6.78. The molecule has 1 heterocycles. The molecule has 1 amide bonds. The van der Waals surface area contributed by atoms with E-state index in [4.69, 9.17) is 0 Å². The molecule has 0 spiro atoms. The van der Waals surface area contributed by atoms with Gasteiger partial charge in [0.2, 0.25) is 0 Å². The number of hydrogen-bond donors (Lipinski definition) is 2. The number of hydrogen-bond acceptors (Lipinski definition) is 4. The van der Waals surface area contributed by atoms with Gasteiger partial charge in [0, 0.05) is 18.3 Å². The van der Waals surface area contributed by atoms with Crippen molar-refractivity contribution < 1.29 is 4.79 Å². The van der Waals surface area contributed by atoms with Crippen molar-refractivity contribution in [1.29, 1.82) is 0 Å². The average Bonchev–Trinajstić information content (AvgIpc) is 2.63. The van der Waals surface area contributed by atoms with Crippen LogP contribution in [0.2, 0.25) is 0 Å². The number of nitrogens with zero attached hydrogens (tertiary/aromatic N) is 2. The summed E-state index contributed by atoms with van der Waals surface area (Å²) in [6.07, 6.45) is 0. The molecule has 27 heavy (non-hydrogen) atoms. The molecule has 0 aliphatic rings. The molecule has 0 atom stereocenters. The number of amides is 1. The summed E-state index contributed by atoms with van der Waals surface area (Å²) < 4.78 is 0. The van der Waals surface area contributed by atoms with Gasteiger partial charge in [0.05, 0.1) is 0 Å². The van der Waals surface area contributed by atoms with Crippen LogP contribution < -0.4 is 10.6 Å². The number of carbonyl (C=O) groups excluding carboxylic acids is 1. The maximum atomic E-state index is 12.5. The number of carbonyl (C=O) groups is 1. The Balaban J connectivity index is 1.72. The summed E-state index contributed by atoms with van der Waals surface area (Å²) in [6.45, 7) is 8.42. The Labute approximate surface area is 159 Å². The second kappa shape index (κ2) is 7.99. The second-order valence-electron chi connectivity index (χ2n) is 6.78. The minimum Gasteiger partial charge on any atom is -0.347 e. The summed E-state index contributed by atoms with van der Waals surface area (Å²) in [4.78, 5) is 21.2. The van der Waals surface area contributed by atoms with Gasteiger partial charge in [-0.1, -0.05) is 35.9 Å². The highest BCUT2D eigenvalue weighted by Gasteiger charge is 2.11. The van der Waals surface area contributed by atoms with Gasteiger partial charge in [-0.3, -0.25) is 4.79 Å². The van der Waals surface area contributed by atoms with E-state index in [0.717, 1.165) is 11.3 Å². The van der Waals surface area contributed by atoms with Gasteiger partial charge in [0.25, 0.3) is 5.91 Å². The van der Waals surface area contributed by atoms with Crippen LogP contribution in [0.4, 0.5) is 11.5 Å². The molecule has 2 N–H and O–H groups in total. The van der Waals surface area contributed by atoms with Crippen LogP contribution in [0.1, 0.15) is 38.6 Å². The van der Waals surface area contributed by atoms with Gasteiger partial charge in [-0.25, -0.2) is 9.97 Å². The summed E-state index contributed by atoms with van der Waals surface area (Å²) in [5.74, 6) is 0.930. The van der Waals surface area contributed by atoms with Crippen LogP contribution in [-0.4, -0.2) is 15.9 Å². The van der Waals surface area contributed by atoms with Crippen molar-refractivity contribution in [1.82, 2.24) is 15.3 Å². The van der Waals surface area contributed by atoms with Crippen LogP contribution in [0.15, 0.2) is 48.5 Å². The molecule has 1 aromatic heterocycles. The molecule has 0 aliphatic carbocycles. The van der Waals surface area contributed by atoms with E-state index in [0.29, 0.717) is 23.9 Å². The first-order valence-electron chi connectivity index (χ1n) is 8.94. The predicted octanol–water partition coefficient (Wildman–Crippen LogP) is 4.38. The lowest BCUT2D eigenvalue weighted by molar-refractivity contribution is 0.0945. The Kier molecular flexibility index (Phi) is 5.50. The third kappa shape index (κ3) is 4.91. The molecule has 5 heteroatoms. The first-order chi connectivity index (χ1) is 12.9. The molecule has 0 unspecified atom stereocenters. The van der Waals surface area contributed by atoms with E-state index in [1.54, 1.807) is 13.0 Å². The lowest BCUT2D eigenvalue weighted by atomic mass is 10.1. The molecule has 0 fully saturated rings. The molecule has 138 valence electrons. The molecule has 2 aromatic carbocycles. The van der Waals surface area contributed by atoms with Crippen LogP contribution in [0.25, 0.3) is 0 Å². The summed E-state index contributed by atoms with van der Waals surface area (Å²) in [7, 11) is 0. The third-order valence-corrected chi connectivity index (χ3v) is 4.42. The number of anilines is 2. The fraction of sp³-hybridized carbons (Fsp3) is 0.227. The van der Waals surface area contributed by atoms with Crippen LogP contribution >= 0.6 is 0 Å². The molecule has 3 aromatic rings. The summed E-state index contributed by atoms with van der Waals surface area (Å²) in [5, 5.41) is 6.17. The minimum absolute atomic E-state index is 0.218. The lowest BCUT2D eigenvalue weighted by Crippen LogP contribution is -2.24. The van der Waals surface area contributed by atoms with Crippen molar-refractivity contribution in [3.63, 3.8) is 0 Å². The van der Waals surface area contributed by atoms with Gasteiger partial charge in [-0.15, -0.1) is 0 Å². The van der Waals surface area contributed by atoms with E-state index < -0.39 is 0 Å². The molecule has 0 radical (unpaired) electrons. The largest absolute Gasteiger partial charge is 0.347 e. The average molecular weight is 360 g/mol. The van der Waals surface area contributed by atoms with E-state index in [2.05, 4.69) is 46.6 Å². The van der Waals surface area contributed by atoms with Gasteiger partial charge in [0.1, 0.15) is 17.3 Å².